The van der Waals surface area contributed by atoms with E-state index >= 15 is 0 Å². The van der Waals surface area contributed by atoms with Crippen LogP contribution in [0.15, 0.2) is 17.2 Å². The van der Waals surface area contributed by atoms with Gasteiger partial charge in [-0.15, -0.1) is 0 Å². The summed E-state index contributed by atoms with van der Waals surface area (Å²) in [7, 11) is 0. The van der Waals surface area contributed by atoms with Gasteiger partial charge < -0.3 is 10.1 Å². The summed E-state index contributed by atoms with van der Waals surface area (Å²) in [5.74, 6) is 0. The smallest absolute Gasteiger partial charge is 0.328 e. The van der Waals surface area contributed by atoms with Crippen LogP contribution in [0.25, 0.3) is 0 Å². The first-order chi connectivity index (χ1) is 8.83. The van der Waals surface area contributed by atoms with Crippen LogP contribution in [0.4, 0.5) is 0 Å². The van der Waals surface area contributed by atoms with Crippen molar-refractivity contribution in [3.8, 4) is 0 Å². The van der Waals surface area contributed by atoms with E-state index in [-0.39, 0.29) is 5.69 Å². The fourth-order valence-electron chi connectivity index (χ4n) is 2.00. The summed E-state index contributed by atoms with van der Waals surface area (Å²) >= 11 is 0. The summed E-state index contributed by atoms with van der Waals surface area (Å²) in [6.07, 6.45) is 7.13. The summed E-state index contributed by atoms with van der Waals surface area (Å²) in [5.41, 5.74) is 0.133. The van der Waals surface area contributed by atoms with Crippen LogP contribution in [0, 0.1) is 0 Å². The Labute approximate surface area is 108 Å². The van der Waals surface area contributed by atoms with Gasteiger partial charge in [-0.1, -0.05) is 0 Å². The molecule has 0 unspecified atom stereocenters. The first kappa shape index (κ1) is 13.4. The molecule has 1 fully saturated rings. The minimum atomic E-state index is 0.133. The second kappa shape index (κ2) is 6.75. The third-order valence-electron chi connectivity index (χ3n) is 3.19. The molecule has 1 aliphatic carbocycles. The molecule has 0 spiro atoms. The normalized spacial score (nSPS) is 15.2. The fraction of sp³-hybridized carbons (Fsp3) is 0.769. The Bertz CT molecular complexity index is 407. The van der Waals surface area contributed by atoms with Crippen LogP contribution in [0.2, 0.25) is 0 Å². The molecule has 1 N–H and O–H groups in total. The number of hydrogen-bond donors (Lipinski definition) is 1. The number of hydrogen-bond acceptors (Lipinski definition) is 3. The van der Waals surface area contributed by atoms with E-state index in [0.717, 1.165) is 52.1 Å². The zero-order chi connectivity index (χ0) is 12.8. The zero-order valence-corrected chi connectivity index (χ0v) is 11.1. The van der Waals surface area contributed by atoms with Gasteiger partial charge in [0.2, 0.25) is 0 Å². The highest BCUT2D eigenvalue weighted by Gasteiger charge is 2.25. The molecule has 1 saturated carbocycles. The standard InChI is InChI=1S/C13H23N3O2/c1-2-18-11-3-6-14-7-8-15-9-10-16(13(15)17)12-4-5-12/h9-10,12,14H,2-8,11H2,1H3. The van der Waals surface area contributed by atoms with Gasteiger partial charge in [-0.3, -0.25) is 9.13 Å². The van der Waals surface area contributed by atoms with Gasteiger partial charge in [0, 0.05) is 44.7 Å². The van der Waals surface area contributed by atoms with Gasteiger partial charge in [0.05, 0.1) is 0 Å². The van der Waals surface area contributed by atoms with Gasteiger partial charge in [-0.05, 0) is 32.7 Å². The van der Waals surface area contributed by atoms with Crippen molar-refractivity contribution in [1.29, 1.82) is 0 Å². The molecule has 0 saturated heterocycles. The van der Waals surface area contributed by atoms with Crippen molar-refractivity contribution < 1.29 is 4.74 Å². The molecule has 5 heteroatoms. The maximum atomic E-state index is 11.9. The molecule has 0 atom stereocenters. The number of imidazole rings is 1. The first-order valence-corrected chi connectivity index (χ1v) is 6.88. The van der Waals surface area contributed by atoms with Crippen molar-refractivity contribution >= 4 is 0 Å². The van der Waals surface area contributed by atoms with Gasteiger partial charge in [0.1, 0.15) is 0 Å². The van der Waals surface area contributed by atoms with E-state index in [1.54, 1.807) is 4.57 Å². The lowest BCUT2D eigenvalue weighted by Crippen LogP contribution is -2.29. The topological polar surface area (TPSA) is 48.2 Å². The molecule has 102 valence electrons. The van der Waals surface area contributed by atoms with Gasteiger partial charge in [-0.25, -0.2) is 4.79 Å². The van der Waals surface area contributed by atoms with E-state index in [4.69, 9.17) is 4.74 Å². The fourth-order valence-corrected chi connectivity index (χ4v) is 2.00. The highest BCUT2D eigenvalue weighted by Crippen LogP contribution is 2.33. The Balaban J connectivity index is 1.63. The quantitative estimate of drug-likeness (QED) is 0.668. The lowest BCUT2D eigenvalue weighted by molar-refractivity contribution is 0.145. The number of ether oxygens (including phenoxy) is 1. The van der Waals surface area contributed by atoms with Crippen molar-refractivity contribution in [2.24, 2.45) is 0 Å². The third kappa shape index (κ3) is 3.71. The second-order valence-electron chi connectivity index (χ2n) is 4.71. The number of rotatable bonds is 9. The molecule has 1 aromatic heterocycles. The molecule has 1 heterocycles. The predicted molar refractivity (Wildman–Crippen MR) is 70.9 cm³/mol. The molecular weight excluding hydrogens is 230 g/mol. The maximum Gasteiger partial charge on any atom is 0.328 e. The van der Waals surface area contributed by atoms with Gasteiger partial charge >= 0.3 is 5.69 Å². The molecule has 0 radical (unpaired) electrons. The van der Waals surface area contributed by atoms with Crippen LogP contribution >= 0.6 is 0 Å². The number of nitrogens with zero attached hydrogens (tertiary/aromatic N) is 2. The zero-order valence-electron chi connectivity index (χ0n) is 11.1. The Morgan fingerprint density at radius 2 is 2.22 bits per heavy atom. The number of nitrogens with one attached hydrogen (secondary N) is 1. The van der Waals surface area contributed by atoms with Crippen molar-refractivity contribution in [3.05, 3.63) is 22.9 Å². The van der Waals surface area contributed by atoms with E-state index in [0.29, 0.717) is 6.04 Å². The lowest BCUT2D eigenvalue weighted by atomic mass is 10.4. The second-order valence-corrected chi connectivity index (χ2v) is 4.71. The summed E-state index contributed by atoms with van der Waals surface area (Å²) < 4.78 is 8.90. The Hall–Kier alpha value is -1.07. The van der Waals surface area contributed by atoms with E-state index < -0.39 is 0 Å². The predicted octanol–water partition coefficient (Wildman–Crippen LogP) is 1.00. The van der Waals surface area contributed by atoms with Crippen LogP contribution in [0.3, 0.4) is 0 Å². The van der Waals surface area contributed by atoms with Crippen molar-refractivity contribution in [1.82, 2.24) is 14.5 Å². The highest BCUT2D eigenvalue weighted by atomic mass is 16.5. The third-order valence-corrected chi connectivity index (χ3v) is 3.19. The summed E-state index contributed by atoms with van der Waals surface area (Å²) in [6.45, 7) is 6.11. The van der Waals surface area contributed by atoms with Crippen LogP contribution in [-0.2, 0) is 11.3 Å². The average Bonchev–Trinajstić information content (AvgIpc) is 3.14. The SMILES string of the molecule is CCOCCCNCCn1ccn(C2CC2)c1=O. The van der Waals surface area contributed by atoms with E-state index in [9.17, 15) is 4.79 Å². The minimum Gasteiger partial charge on any atom is -0.382 e. The van der Waals surface area contributed by atoms with Crippen molar-refractivity contribution in [3.63, 3.8) is 0 Å². The molecule has 18 heavy (non-hydrogen) atoms. The van der Waals surface area contributed by atoms with Gasteiger partial charge in [0.25, 0.3) is 0 Å². The van der Waals surface area contributed by atoms with Gasteiger partial charge in [-0.2, -0.15) is 0 Å². The minimum absolute atomic E-state index is 0.133. The van der Waals surface area contributed by atoms with Crippen LogP contribution in [-0.4, -0.2) is 35.4 Å². The summed E-state index contributed by atoms with van der Waals surface area (Å²) in [4.78, 5) is 11.9. The van der Waals surface area contributed by atoms with Crippen LogP contribution in [0.5, 0.6) is 0 Å². The first-order valence-electron chi connectivity index (χ1n) is 6.88. The molecule has 5 nitrogen and oxygen atoms in total. The molecule has 2 rings (SSSR count). The molecule has 1 aliphatic rings. The molecule has 0 aliphatic heterocycles. The molecular formula is C13H23N3O2. The van der Waals surface area contributed by atoms with Gasteiger partial charge in [0.15, 0.2) is 0 Å². The molecule has 0 bridgehead atoms. The molecule has 0 amide bonds. The average molecular weight is 253 g/mol. The number of aromatic nitrogens is 2. The lowest BCUT2D eigenvalue weighted by Gasteiger charge is -2.05. The van der Waals surface area contributed by atoms with Crippen molar-refractivity contribution in [2.45, 2.75) is 38.8 Å². The highest BCUT2D eigenvalue weighted by molar-refractivity contribution is 4.91. The largest absolute Gasteiger partial charge is 0.382 e. The van der Waals surface area contributed by atoms with E-state index in [1.165, 1.54) is 0 Å². The van der Waals surface area contributed by atoms with Crippen LogP contribution in [0.1, 0.15) is 32.2 Å². The summed E-state index contributed by atoms with van der Waals surface area (Å²) in [5, 5.41) is 3.33. The Kier molecular flexibility index (Phi) is 5.01. The molecule has 1 aromatic rings. The van der Waals surface area contributed by atoms with E-state index in [1.807, 2.05) is 23.9 Å². The van der Waals surface area contributed by atoms with Crippen LogP contribution < -0.4 is 11.0 Å². The monoisotopic (exact) mass is 253 g/mol. The Morgan fingerprint density at radius 1 is 1.39 bits per heavy atom. The molecule has 0 aromatic carbocycles. The maximum absolute atomic E-state index is 11.9. The van der Waals surface area contributed by atoms with E-state index in [2.05, 4.69) is 5.32 Å². The van der Waals surface area contributed by atoms with Crippen molar-refractivity contribution in [2.75, 3.05) is 26.3 Å². The Morgan fingerprint density at radius 3 is 2.94 bits per heavy atom. The summed E-state index contributed by atoms with van der Waals surface area (Å²) in [6, 6.07) is 0.470.